The molecule has 0 atom stereocenters. The summed E-state index contributed by atoms with van der Waals surface area (Å²) in [5.41, 5.74) is 1.75. The topological polar surface area (TPSA) is 17.3 Å². The van der Waals surface area contributed by atoms with Crippen LogP contribution in [0, 0.1) is 0 Å². The molecule has 0 unspecified atom stereocenters. The first-order chi connectivity index (χ1) is 9.09. The number of nitrogens with zero attached hydrogens (tertiary/aromatic N) is 2. The smallest absolute Gasteiger partial charge is 0.137 e. The molecule has 0 bridgehead atoms. The molecule has 0 radical (unpaired) electrons. The average Bonchev–Trinajstić information content (AvgIpc) is 2.89. The van der Waals surface area contributed by atoms with Gasteiger partial charge < -0.3 is 4.40 Å². The summed E-state index contributed by atoms with van der Waals surface area (Å²) < 4.78 is 32.3. The lowest BCUT2D eigenvalue weighted by Gasteiger charge is -1.92. The van der Waals surface area contributed by atoms with E-state index in [4.69, 9.17) is 5.48 Å². The molecular weight excluding hydrogens is 184 g/mol. The fraction of sp³-hybridized carbons (Fsp3) is 0. The minimum Gasteiger partial charge on any atom is -0.306 e. The van der Waals surface area contributed by atoms with E-state index in [2.05, 4.69) is 4.98 Å². The Bertz CT molecular complexity index is 720. The molecule has 0 fully saturated rings. The van der Waals surface area contributed by atoms with Gasteiger partial charge in [-0.05, 0) is 12.1 Å². The van der Waals surface area contributed by atoms with Crippen LogP contribution in [-0.4, -0.2) is 9.38 Å². The first-order valence-electron chi connectivity index (χ1n) is 6.60. The van der Waals surface area contributed by atoms with Gasteiger partial charge >= 0.3 is 0 Å². The lowest BCUT2D eigenvalue weighted by Crippen LogP contribution is -1.77. The number of imidazole rings is 1. The Morgan fingerprint density at radius 1 is 1.13 bits per heavy atom. The van der Waals surface area contributed by atoms with Gasteiger partial charge in [-0.15, -0.1) is 0 Å². The van der Waals surface area contributed by atoms with Crippen molar-refractivity contribution in [1.29, 1.82) is 0 Å². The van der Waals surface area contributed by atoms with Crippen LogP contribution in [0.25, 0.3) is 16.9 Å². The number of fused-ring (bicyclic) bond motifs is 1. The van der Waals surface area contributed by atoms with Crippen molar-refractivity contribution in [2.75, 3.05) is 0 Å². The average molecular weight is 198 g/mol. The second kappa shape index (κ2) is 3.24. The summed E-state index contributed by atoms with van der Waals surface area (Å²) in [7, 11) is 0. The van der Waals surface area contributed by atoms with E-state index in [9.17, 15) is 0 Å². The summed E-state index contributed by atoms with van der Waals surface area (Å²) in [5.74, 6) is 0. The molecule has 72 valence electrons. The molecule has 0 spiro atoms. The molecule has 2 heterocycles. The third-order valence-electron chi connectivity index (χ3n) is 2.19. The normalized spacial score (nSPS) is 14.4. The quantitative estimate of drug-likeness (QED) is 0.587. The van der Waals surface area contributed by atoms with Gasteiger partial charge in [-0.3, -0.25) is 0 Å². The highest BCUT2D eigenvalue weighted by Gasteiger charge is 2.01. The van der Waals surface area contributed by atoms with E-state index in [1.165, 1.54) is 4.40 Å². The van der Waals surface area contributed by atoms with Crippen molar-refractivity contribution in [3.8, 4) is 11.3 Å². The van der Waals surface area contributed by atoms with Crippen LogP contribution < -0.4 is 0 Å². The van der Waals surface area contributed by atoms with Crippen molar-refractivity contribution in [3.63, 3.8) is 0 Å². The molecule has 2 heteroatoms. The maximum Gasteiger partial charge on any atom is 0.137 e. The highest BCUT2D eigenvalue weighted by atomic mass is 15.0. The Balaban J connectivity index is 2.33. The lowest BCUT2D eigenvalue weighted by molar-refractivity contribution is 1.19. The largest absolute Gasteiger partial charge is 0.306 e. The zero-order valence-corrected chi connectivity index (χ0v) is 7.86. The highest BCUT2D eigenvalue weighted by Crippen LogP contribution is 2.17. The van der Waals surface area contributed by atoms with Gasteiger partial charge in [-0.25, -0.2) is 4.98 Å². The second-order valence-corrected chi connectivity index (χ2v) is 3.17. The van der Waals surface area contributed by atoms with Crippen LogP contribution in [0.2, 0.25) is 0 Å². The summed E-state index contributed by atoms with van der Waals surface area (Å²) >= 11 is 0. The van der Waals surface area contributed by atoms with Crippen LogP contribution in [0.5, 0.6) is 0 Å². The molecular formula is C13H10N2. The second-order valence-electron chi connectivity index (χ2n) is 3.17. The first kappa shape index (κ1) is 5.12. The molecule has 15 heavy (non-hydrogen) atoms. The standard InChI is InChI=1S/C13H10N2/c1-2-6-11(7-3-1)12-10-15-9-5-4-8-13(15)14-12/h1-10H/i4D,5D,8D,9D. The summed E-state index contributed by atoms with van der Waals surface area (Å²) in [5, 5.41) is 0. The predicted octanol–water partition coefficient (Wildman–Crippen LogP) is 3.00. The fourth-order valence-corrected chi connectivity index (χ4v) is 1.48. The highest BCUT2D eigenvalue weighted by molar-refractivity contribution is 5.62. The van der Waals surface area contributed by atoms with Crippen molar-refractivity contribution >= 4 is 5.65 Å². The Morgan fingerprint density at radius 2 is 2.00 bits per heavy atom. The third kappa shape index (κ3) is 1.40. The van der Waals surface area contributed by atoms with Gasteiger partial charge in [0.25, 0.3) is 0 Å². The van der Waals surface area contributed by atoms with Gasteiger partial charge in [0.15, 0.2) is 0 Å². The molecule has 0 saturated carbocycles. The predicted molar refractivity (Wildman–Crippen MR) is 60.6 cm³/mol. The van der Waals surface area contributed by atoms with E-state index in [0.29, 0.717) is 5.69 Å². The van der Waals surface area contributed by atoms with Crippen molar-refractivity contribution in [3.05, 3.63) is 60.8 Å². The van der Waals surface area contributed by atoms with Crippen LogP contribution in [-0.2, 0) is 0 Å². The van der Waals surface area contributed by atoms with E-state index in [-0.39, 0.29) is 29.9 Å². The Morgan fingerprint density at radius 3 is 2.87 bits per heavy atom. The SMILES string of the molecule is [2H]c1c([2H])c([2H])n2cc(-c3ccccc3)nc2c1[2H]. The van der Waals surface area contributed by atoms with Crippen LogP contribution >= 0.6 is 0 Å². The molecule has 0 aliphatic heterocycles. The fourth-order valence-electron chi connectivity index (χ4n) is 1.48. The number of hydrogen-bond acceptors (Lipinski definition) is 1. The number of aromatic nitrogens is 2. The van der Waals surface area contributed by atoms with Gasteiger partial charge in [0, 0.05) is 17.9 Å². The van der Waals surface area contributed by atoms with Gasteiger partial charge in [0.1, 0.15) is 5.65 Å². The maximum atomic E-state index is 7.83. The van der Waals surface area contributed by atoms with Crippen molar-refractivity contribution < 1.29 is 5.48 Å². The van der Waals surface area contributed by atoms with E-state index in [1.54, 1.807) is 6.20 Å². The summed E-state index contributed by atoms with van der Waals surface area (Å²) in [4.78, 5) is 4.30. The van der Waals surface area contributed by atoms with E-state index in [1.807, 2.05) is 30.3 Å². The van der Waals surface area contributed by atoms with Crippen molar-refractivity contribution in [2.45, 2.75) is 0 Å². The molecule has 0 saturated heterocycles. The van der Waals surface area contributed by atoms with Gasteiger partial charge in [0.2, 0.25) is 0 Å². The molecule has 1 aromatic carbocycles. The van der Waals surface area contributed by atoms with E-state index in [0.717, 1.165) is 5.56 Å². The molecule has 3 rings (SSSR count). The molecule has 2 aromatic heterocycles. The minimum atomic E-state index is -0.261. The molecule has 2 nitrogen and oxygen atoms in total. The van der Waals surface area contributed by atoms with E-state index < -0.39 is 0 Å². The van der Waals surface area contributed by atoms with Crippen molar-refractivity contribution in [1.82, 2.24) is 9.38 Å². The minimum absolute atomic E-state index is 0.120. The Hall–Kier alpha value is -2.09. The summed E-state index contributed by atoms with van der Waals surface area (Å²) in [6, 6.07) is 8.80. The van der Waals surface area contributed by atoms with E-state index >= 15 is 0 Å². The van der Waals surface area contributed by atoms with Crippen LogP contribution in [0.4, 0.5) is 0 Å². The maximum absolute atomic E-state index is 7.83. The molecule has 0 aliphatic rings. The number of hydrogen-bond donors (Lipinski definition) is 0. The van der Waals surface area contributed by atoms with Gasteiger partial charge in [-0.2, -0.15) is 0 Å². The third-order valence-corrected chi connectivity index (χ3v) is 2.19. The molecule has 3 aromatic rings. The van der Waals surface area contributed by atoms with Crippen LogP contribution in [0.15, 0.2) is 60.8 Å². The number of benzene rings is 1. The van der Waals surface area contributed by atoms with Gasteiger partial charge in [-0.1, -0.05) is 36.4 Å². The van der Waals surface area contributed by atoms with Crippen molar-refractivity contribution in [2.24, 2.45) is 0 Å². The summed E-state index contributed by atoms with van der Waals surface area (Å²) in [6.07, 6.45) is 1.51. The Labute approximate surface area is 93.4 Å². The zero-order valence-electron chi connectivity index (χ0n) is 11.9. The van der Waals surface area contributed by atoms with Crippen LogP contribution in [0.3, 0.4) is 0 Å². The monoisotopic (exact) mass is 198 g/mol. The summed E-state index contributed by atoms with van der Waals surface area (Å²) in [6.45, 7) is 0. The zero-order chi connectivity index (χ0) is 13.6. The molecule has 0 N–H and O–H groups in total. The lowest BCUT2D eigenvalue weighted by atomic mass is 10.2. The Kier molecular flexibility index (Phi) is 1.11. The first-order valence-corrected chi connectivity index (χ1v) is 4.60. The molecule has 0 aliphatic carbocycles. The number of pyridine rings is 1. The van der Waals surface area contributed by atoms with Gasteiger partial charge in [0.05, 0.1) is 11.2 Å². The number of rotatable bonds is 1. The molecule has 0 amide bonds. The van der Waals surface area contributed by atoms with Crippen LogP contribution in [0.1, 0.15) is 5.48 Å².